The summed E-state index contributed by atoms with van der Waals surface area (Å²) < 4.78 is 39.4. The molecule has 0 bridgehead atoms. The predicted molar refractivity (Wildman–Crippen MR) is 118 cm³/mol. The van der Waals surface area contributed by atoms with Gasteiger partial charge in [0.2, 0.25) is 10.0 Å². The maximum absolute atomic E-state index is 12.9. The standard InChI is InChI=1S/C22H25N3O6S/c1-30-21(26)15-25-19-8-7-18(13-20(19)31-22(25)27)32(28,29)23-17-9-11-24(12-10-17)14-16-5-3-2-4-6-16/h2-8,13,17,23H,9-12,14-15H2,1H3. The number of nitrogens with zero attached hydrogens (tertiary/aromatic N) is 2. The summed E-state index contributed by atoms with van der Waals surface area (Å²) in [6, 6.07) is 14.2. The number of hydrogen-bond acceptors (Lipinski definition) is 7. The van der Waals surface area contributed by atoms with E-state index in [1.807, 2.05) is 18.2 Å². The monoisotopic (exact) mass is 459 g/mol. The van der Waals surface area contributed by atoms with E-state index in [1.165, 1.54) is 30.9 Å². The van der Waals surface area contributed by atoms with E-state index >= 15 is 0 Å². The Kier molecular flexibility index (Phi) is 6.45. The third kappa shape index (κ3) is 4.93. The molecule has 3 aromatic rings. The lowest BCUT2D eigenvalue weighted by Crippen LogP contribution is -2.44. The molecular formula is C22H25N3O6S. The van der Waals surface area contributed by atoms with Gasteiger partial charge >= 0.3 is 11.7 Å². The number of esters is 1. The smallest absolute Gasteiger partial charge is 0.420 e. The normalized spacial score (nSPS) is 15.8. The second-order valence-corrected chi connectivity index (χ2v) is 9.53. The Morgan fingerprint density at radius 2 is 1.88 bits per heavy atom. The summed E-state index contributed by atoms with van der Waals surface area (Å²) in [5.74, 6) is -1.36. The van der Waals surface area contributed by atoms with E-state index in [9.17, 15) is 18.0 Å². The zero-order chi connectivity index (χ0) is 22.7. The molecule has 0 unspecified atom stereocenters. The van der Waals surface area contributed by atoms with E-state index in [1.54, 1.807) is 0 Å². The number of ether oxygens (including phenoxy) is 1. The Hall–Kier alpha value is -2.95. The number of hydrogen-bond donors (Lipinski definition) is 1. The lowest BCUT2D eigenvalue weighted by molar-refractivity contribution is -0.141. The van der Waals surface area contributed by atoms with Crippen LogP contribution in [0, 0.1) is 0 Å². The SMILES string of the molecule is COC(=O)Cn1c(=O)oc2cc(S(=O)(=O)NC3CCN(Cc4ccccc4)CC3)ccc21. The lowest BCUT2D eigenvalue weighted by atomic mass is 10.1. The van der Waals surface area contributed by atoms with Gasteiger partial charge in [-0.25, -0.2) is 17.9 Å². The number of benzene rings is 2. The molecule has 2 heterocycles. The Morgan fingerprint density at radius 1 is 1.16 bits per heavy atom. The summed E-state index contributed by atoms with van der Waals surface area (Å²) in [5, 5.41) is 0. The van der Waals surface area contributed by atoms with Gasteiger partial charge in [-0.05, 0) is 30.5 Å². The fourth-order valence-corrected chi connectivity index (χ4v) is 5.22. The van der Waals surface area contributed by atoms with Crippen molar-refractivity contribution in [2.24, 2.45) is 0 Å². The van der Waals surface area contributed by atoms with E-state index < -0.39 is 21.7 Å². The van der Waals surface area contributed by atoms with Crippen LogP contribution in [0.2, 0.25) is 0 Å². The van der Waals surface area contributed by atoms with Gasteiger partial charge in [-0.2, -0.15) is 0 Å². The molecule has 2 aromatic carbocycles. The molecule has 1 saturated heterocycles. The summed E-state index contributed by atoms with van der Waals surface area (Å²) in [4.78, 5) is 25.9. The molecule has 0 amide bonds. The molecule has 170 valence electrons. The fraction of sp³-hybridized carbons (Fsp3) is 0.364. The van der Waals surface area contributed by atoms with Gasteiger partial charge in [0.25, 0.3) is 0 Å². The topological polar surface area (TPSA) is 111 Å². The van der Waals surface area contributed by atoms with Crippen molar-refractivity contribution >= 4 is 27.1 Å². The van der Waals surface area contributed by atoms with Crippen molar-refractivity contribution in [2.45, 2.75) is 36.9 Å². The number of carbonyl (C=O) groups is 1. The number of fused-ring (bicyclic) bond motifs is 1. The highest BCUT2D eigenvalue weighted by atomic mass is 32.2. The first kappa shape index (κ1) is 22.3. The van der Waals surface area contributed by atoms with Crippen molar-refractivity contribution in [1.29, 1.82) is 0 Å². The highest BCUT2D eigenvalue weighted by molar-refractivity contribution is 7.89. The van der Waals surface area contributed by atoms with Gasteiger partial charge in [0.05, 0.1) is 17.5 Å². The van der Waals surface area contributed by atoms with Gasteiger partial charge in [-0.15, -0.1) is 0 Å². The maximum Gasteiger partial charge on any atom is 0.420 e. The molecule has 1 aliphatic heterocycles. The van der Waals surface area contributed by atoms with Gasteiger partial charge in [0.1, 0.15) is 6.54 Å². The fourth-order valence-electron chi connectivity index (χ4n) is 3.90. The minimum Gasteiger partial charge on any atom is -0.468 e. The Bertz CT molecular complexity index is 1260. The number of piperidine rings is 1. The van der Waals surface area contributed by atoms with Crippen LogP contribution < -0.4 is 10.5 Å². The van der Waals surface area contributed by atoms with Crippen molar-refractivity contribution < 1.29 is 22.4 Å². The molecule has 0 spiro atoms. The molecule has 10 heteroatoms. The van der Waals surface area contributed by atoms with Gasteiger partial charge in [0, 0.05) is 31.7 Å². The first-order valence-corrected chi connectivity index (χ1v) is 11.8. The Labute approximate surface area is 185 Å². The number of oxazole rings is 1. The van der Waals surface area contributed by atoms with Crippen molar-refractivity contribution in [1.82, 2.24) is 14.2 Å². The number of sulfonamides is 1. The molecule has 1 aliphatic rings. The van der Waals surface area contributed by atoms with Gasteiger partial charge < -0.3 is 9.15 Å². The third-order valence-corrected chi connectivity index (χ3v) is 7.14. The molecule has 1 fully saturated rings. The highest BCUT2D eigenvalue weighted by Crippen LogP contribution is 2.21. The molecule has 1 N–H and O–H groups in total. The number of aromatic nitrogens is 1. The van der Waals surface area contributed by atoms with Crippen LogP contribution in [0.1, 0.15) is 18.4 Å². The highest BCUT2D eigenvalue weighted by Gasteiger charge is 2.25. The molecule has 32 heavy (non-hydrogen) atoms. The predicted octanol–water partition coefficient (Wildman–Crippen LogP) is 1.71. The summed E-state index contributed by atoms with van der Waals surface area (Å²) >= 11 is 0. The molecule has 4 rings (SSSR count). The lowest BCUT2D eigenvalue weighted by Gasteiger charge is -2.32. The Morgan fingerprint density at radius 3 is 2.56 bits per heavy atom. The second kappa shape index (κ2) is 9.27. The largest absolute Gasteiger partial charge is 0.468 e. The van der Waals surface area contributed by atoms with Crippen molar-refractivity contribution in [3.63, 3.8) is 0 Å². The van der Waals surface area contributed by atoms with Crippen LogP contribution in [0.5, 0.6) is 0 Å². The molecule has 0 radical (unpaired) electrons. The molecule has 0 atom stereocenters. The van der Waals surface area contributed by atoms with Crippen LogP contribution in [0.4, 0.5) is 0 Å². The van der Waals surface area contributed by atoms with Gasteiger partial charge in [-0.1, -0.05) is 30.3 Å². The molecule has 9 nitrogen and oxygen atoms in total. The third-order valence-electron chi connectivity index (χ3n) is 5.62. The molecule has 0 aliphatic carbocycles. The minimum absolute atomic E-state index is 0.00989. The van der Waals surface area contributed by atoms with Crippen molar-refractivity contribution in [2.75, 3.05) is 20.2 Å². The van der Waals surface area contributed by atoms with Crippen LogP contribution in [-0.4, -0.2) is 50.1 Å². The average Bonchev–Trinajstić information content (AvgIpc) is 3.10. The number of nitrogens with one attached hydrogen (secondary N) is 1. The number of carbonyl (C=O) groups excluding carboxylic acids is 1. The van der Waals surface area contributed by atoms with Crippen LogP contribution >= 0.6 is 0 Å². The molecule has 0 saturated carbocycles. The first-order valence-electron chi connectivity index (χ1n) is 10.3. The van der Waals surface area contributed by atoms with Gasteiger partial charge in [-0.3, -0.25) is 14.3 Å². The van der Waals surface area contributed by atoms with Crippen LogP contribution in [0.15, 0.2) is 62.6 Å². The van der Waals surface area contributed by atoms with E-state index in [2.05, 4.69) is 26.5 Å². The number of methoxy groups -OCH3 is 1. The molecular weight excluding hydrogens is 434 g/mol. The second-order valence-electron chi connectivity index (χ2n) is 7.82. The summed E-state index contributed by atoms with van der Waals surface area (Å²) in [6.45, 7) is 2.13. The van der Waals surface area contributed by atoms with E-state index in [-0.39, 0.29) is 23.1 Å². The first-order chi connectivity index (χ1) is 15.4. The Balaban J connectivity index is 1.42. The van der Waals surface area contributed by atoms with Crippen LogP contribution in [0.25, 0.3) is 11.1 Å². The zero-order valence-electron chi connectivity index (χ0n) is 17.7. The quantitative estimate of drug-likeness (QED) is 0.536. The van der Waals surface area contributed by atoms with E-state index in [4.69, 9.17) is 4.42 Å². The summed E-state index contributed by atoms with van der Waals surface area (Å²) in [7, 11) is -2.57. The average molecular weight is 460 g/mol. The molecule has 1 aromatic heterocycles. The van der Waals surface area contributed by atoms with Gasteiger partial charge in [0.15, 0.2) is 5.58 Å². The summed E-state index contributed by atoms with van der Waals surface area (Å²) in [5.41, 5.74) is 1.66. The summed E-state index contributed by atoms with van der Waals surface area (Å²) in [6.07, 6.45) is 1.41. The van der Waals surface area contributed by atoms with Crippen molar-refractivity contribution in [3.8, 4) is 0 Å². The number of rotatable bonds is 7. The van der Waals surface area contributed by atoms with E-state index in [0.29, 0.717) is 18.4 Å². The van der Waals surface area contributed by atoms with Crippen LogP contribution in [-0.2, 0) is 32.6 Å². The maximum atomic E-state index is 12.9. The zero-order valence-corrected chi connectivity index (χ0v) is 18.5. The van der Waals surface area contributed by atoms with Crippen LogP contribution in [0.3, 0.4) is 0 Å². The van der Waals surface area contributed by atoms with Crippen molar-refractivity contribution in [3.05, 3.63) is 64.6 Å². The van der Waals surface area contributed by atoms with E-state index in [0.717, 1.165) is 24.2 Å². The number of likely N-dealkylation sites (tertiary alicyclic amines) is 1. The minimum atomic E-state index is -3.79.